The number of carbonyl (C=O) groups is 4. The van der Waals surface area contributed by atoms with Crippen molar-refractivity contribution in [3.63, 3.8) is 0 Å². The number of carboxylic acid groups (broad SMARTS) is 1. The van der Waals surface area contributed by atoms with E-state index in [9.17, 15) is 19.2 Å². The molecule has 0 saturated heterocycles. The summed E-state index contributed by atoms with van der Waals surface area (Å²) >= 11 is 2.08. The summed E-state index contributed by atoms with van der Waals surface area (Å²) in [5, 5.41) is 13.9. The first-order chi connectivity index (χ1) is 30.3. The van der Waals surface area contributed by atoms with Crippen LogP contribution in [-0.4, -0.2) is 63.3 Å². The molecule has 0 bridgehead atoms. The van der Waals surface area contributed by atoms with Gasteiger partial charge in [-0.15, -0.1) is 17.6 Å². The van der Waals surface area contributed by atoms with Crippen molar-refractivity contribution in [1.29, 1.82) is 0 Å². The predicted octanol–water partition coefficient (Wildman–Crippen LogP) is 10.4. The summed E-state index contributed by atoms with van der Waals surface area (Å²) in [5.41, 5.74) is 16.2. The molecular formula is C57H82ILiN4O7. The van der Waals surface area contributed by atoms with Gasteiger partial charge in [0.15, 0.2) is 0 Å². The minimum Gasteiger partial charge on any atom is -0.478 e. The summed E-state index contributed by atoms with van der Waals surface area (Å²) in [7, 11) is 0. The first-order valence-electron chi connectivity index (χ1n) is 21.5. The average Bonchev–Trinajstić information content (AvgIpc) is 3.22. The van der Waals surface area contributed by atoms with Crippen molar-refractivity contribution in [3.05, 3.63) is 122 Å². The number of terminal acetylenes is 1. The Morgan fingerprint density at radius 3 is 1.53 bits per heavy atom. The molecule has 4 aromatic rings. The van der Waals surface area contributed by atoms with Gasteiger partial charge in [-0.05, 0) is 196 Å². The standard InChI is InChI=1S/C27H34N2O3.C10H11IO2.C9H12N.C8H13NO2.3CH4.Li/c1-15-14-23(25(30)24-20(6)17(3)18(4)21(7)29-24)22(19(5)16(15)2)12-11-13-28-26(31)32-27(8,9)10;1-5-4-8(10(12)13)9(11)7(3)6(5)2;1-6-5-10-9(4)8(3)7(6)2;1-5-6-9-7(10)11-8(2,3)4;;;;/h14H,13H2,1-10H3,(H,28,31);4H,1-3H3,(H,12,13);1-4H3;1H,6H2,2-4H3,(H,9,10);3*1H4;/q;;-1;;;;;+1. The number of carbonyl (C=O) groups excluding carboxylic acids is 3. The van der Waals surface area contributed by atoms with E-state index in [0.717, 1.165) is 65.0 Å². The van der Waals surface area contributed by atoms with E-state index >= 15 is 0 Å². The van der Waals surface area contributed by atoms with Crippen molar-refractivity contribution >= 4 is 46.5 Å². The van der Waals surface area contributed by atoms with Gasteiger partial charge in [-0.3, -0.25) is 4.79 Å². The van der Waals surface area contributed by atoms with Crippen LogP contribution < -0.4 is 29.5 Å². The molecule has 2 aromatic heterocycles. The fourth-order valence-corrected chi connectivity index (χ4v) is 6.72. The van der Waals surface area contributed by atoms with Crippen molar-refractivity contribution in [2.45, 2.75) is 172 Å². The van der Waals surface area contributed by atoms with E-state index < -0.39 is 29.4 Å². The predicted molar refractivity (Wildman–Crippen MR) is 294 cm³/mol. The van der Waals surface area contributed by atoms with Crippen LogP contribution in [0, 0.1) is 131 Å². The molecule has 70 heavy (non-hydrogen) atoms. The first kappa shape index (κ1) is 71.4. The van der Waals surface area contributed by atoms with E-state index in [-0.39, 0.29) is 60.0 Å². The molecule has 0 unspecified atom stereocenters. The molecular weight excluding hydrogens is 986 g/mol. The van der Waals surface area contributed by atoms with E-state index in [2.05, 4.69) is 81.0 Å². The maximum Gasteiger partial charge on any atom is 1.00 e. The van der Waals surface area contributed by atoms with Crippen LogP contribution in [0.1, 0.15) is 174 Å². The zero-order chi connectivity index (χ0) is 51.2. The largest absolute Gasteiger partial charge is 1.00 e. The molecule has 380 valence electrons. The zero-order valence-electron chi connectivity index (χ0n) is 43.8. The number of amides is 2. The van der Waals surface area contributed by atoms with Crippen LogP contribution in [0.5, 0.6) is 0 Å². The normalized spacial score (nSPS) is 9.89. The van der Waals surface area contributed by atoms with Gasteiger partial charge in [0.25, 0.3) is 0 Å². The number of benzene rings is 2. The second kappa shape index (κ2) is 31.3. The quantitative estimate of drug-likeness (QED) is 0.0582. The minimum atomic E-state index is -0.851. The van der Waals surface area contributed by atoms with Crippen LogP contribution in [-0.2, 0) is 9.47 Å². The monoisotopic (exact) mass is 1070 g/mol. The number of nitrogens with one attached hydrogen (secondary N) is 2. The third kappa shape index (κ3) is 21.9. The second-order valence-electron chi connectivity index (χ2n) is 18.1. The summed E-state index contributed by atoms with van der Waals surface area (Å²) in [4.78, 5) is 55.8. The van der Waals surface area contributed by atoms with Crippen LogP contribution in [0.4, 0.5) is 9.59 Å². The summed E-state index contributed by atoms with van der Waals surface area (Å²) < 4.78 is 11.0. The first-order valence-corrected chi connectivity index (χ1v) is 22.6. The Kier molecular flexibility index (Phi) is 31.9. The van der Waals surface area contributed by atoms with E-state index in [1.165, 1.54) is 16.7 Å². The van der Waals surface area contributed by atoms with Gasteiger partial charge < -0.3 is 30.2 Å². The number of ether oxygens (including phenoxy) is 2. The number of carboxylic acids is 1. The van der Waals surface area contributed by atoms with Gasteiger partial charge >= 0.3 is 37.0 Å². The maximum atomic E-state index is 13.6. The second-order valence-corrected chi connectivity index (χ2v) is 19.2. The molecule has 11 nitrogen and oxygen atoms in total. The van der Waals surface area contributed by atoms with Crippen molar-refractivity contribution in [3.8, 4) is 24.2 Å². The SMILES string of the molecule is C.C.C.C#CCNC(=O)OC(C)(C)C.Cc1[c-]nc(C)c(C)c1C.Cc1cc(C(=O)O)c(I)c(C)c1C.Cc1cc(C(=O)c2nc(C)c(C)c(C)c2C)c(C#CCNC(=O)OC(C)(C)C)c(C)c1C.[Li+]. The molecule has 0 aliphatic rings. The van der Waals surface area contributed by atoms with Crippen LogP contribution in [0.25, 0.3) is 0 Å². The van der Waals surface area contributed by atoms with Crippen molar-refractivity contribution < 1.29 is 52.6 Å². The number of halogens is 1. The van der Waals surface area contributed by atoms with Crippen molar-refractivity contribution in [2.75, 3.05) is 13.1 Å². The number of aryl methyl sites for hydroxylation is 5. The van der Waals surface area contributed by atoms with Crippen molar-refractivity contribution in [1.82, 2.24) is 20.6 Å². The average molecular weight is 1070 g/mol. The third-order valence-electron chi connectivity index (χ3n) is 11.0. The maximum absolute atomic E-state index is 13.6. The van der Waals surface area contributed by atoms with Gasteiger partial charge in [0, 0.05) is 20.4 Å². The fourth-order valence-electron chi connectivity index (χ4n) is 5.93. The molecule has 0 spiro atoms. The molecule has 0 atom stereocenters. The van der Waals surface area contributed by atoms with Crippen molar-refractivity contribution in [2.24, 2.45) is 0 Å². The molecule has 0 saturated carbocycles. The summed E-state index contributed by atoms with van der Waals surface area (Å²) in [6.07, 6.45) is 6.88. The number of rotatable bonds is 5. The molecule has 4 rings (SSSR count). The minimum absolute atomic E-state index is 0. The topological polar surface area (TPSA) is 157 Å². The van der Waals surface area contributed by atoms with Crippen LogP contribution >= 0.6 is 22.6 Å². The smallest absolute Gasteiger partial charge is 0.478 e. The molecule has 2 aromatic carbocycles. The van der Waals surface area contributed by atoms with Gasteiger partial charge in [-0.25, -0.2) is 19.4 Å². The Hall–Kier alpha value is -5.13. The van der Waals surface area contributed by atoms with Crippen LogP contribution in [0.15, 0.2) is 12.1 Å². The number of pyridine rings is 2. The number of hydrogen-bond donors (Lipinski definition) is 3. The molecule has 2 amide bonds. The van der Waals surface area contributed by atoms with Gasteiger partial charge in [0.05, 0.1) is 18.7 Å². The molecule has 0 fully saturated rings. The van der Waals surface area contributed by atoms with E-state index in [1.54, 1.807) is 47.6 Å². The number of alkyl carbamates (subject to hydrolysis) is 2. The Labute approximate surface area is 448 Å². The molecule has 13 heteroatoms. The number of aromatic nitrogens is 2. The van der Waals surface area contributed by atoms with Crippen LogP contribution in [0.3, 0.4) is 0 Å². The number of nitrogens with zero attached hydrogens (tertiary/aromatic N) is 2. The molecule has 0 aliphatic heterocycles. The number of hydrogen-bond acceptors (Lipinski definition) is 8. The Morgan fingerprint density at radius 2 is 1.09 bits per heavy atom. The Bertz CT molecular complexity index is 2540. The summed E-state index contributed by atoms with van der Waals surface area (Å²) in [5.74, 6) is 7.36. The Balaban J connectivity index is -0.000000473. The van der Waals surface area contributed by atoms with Gasteiger partial charge in [0.2, 0.25) is 5.78 Å². The third-order valence-corrected chi connectivity index (χ3v) is 12.3. The van der Waals surface area contributed by atoms with Crippen LogP contribution in [0.2, 0.25) is 0 Å². The molecule has 3 N–H and O–H groups in total. The van der Waals surface area contributed by atoms with E-state index in [0.29, 0.717) is 22.4 Å². The summed E-state index contributed by atoms with van der Waals surface area (Å²) in [6, 6.07) is 3.62. The number of ketones is 1. The number of aromatic carboxylic acids is 1. The fraction of sp³-hybridized carbons (Fsp3) is 0.474. The zero-order valence-corrected chi connectivity index (χ0v) is 46.0. The molecule has 2 heterocycles. The van der Waals surface area contributed by atoms with Gasteiger partial charge in [-0.2, -0.15) is 5.56 Å². The molecule has 0 radical (unpaired) electrons. The molecule has 0 aliphatic carbocycles. The van der Waals surface area contributed by atoms with E-state index in [1.807, 2.05) is 89.2 Å². The summed E-state index contributed by atoms with van der Waals surface area (Å²) in [6.45, 7) is 39.2. The van der Waals surface area contributed by atoms with E-state index in [4.69, 9.17) is 21.0 Å². The Morgan fingerprint density at radius 1 is 0.643 bits per heavy atom. The van der Waals surface area contributed by atoms with Gasteiger partial charge in [-0.1, -0.05) is 79.6 Å². The van der Waals surface area contributed by atoms with Gasteiger partial charge in [0.1, 0.15) is 16.9 Å².